The van der Waals surface area contributed by atoms with Crippen molar-refractivity contribution >= 4 is 22.9 Å². The van der Waals surface area contributed by atoms with Crippen LogP contribution in [0.5, 0.6) is 0 Å². The molecule has 1 heterocycles. The summed E-state index contributed by atoms with van der Waals surface area (Å²) in [5, 5.41) is 3.55. The SMILES string of the molecule is CCNC(CCc1ccc(C)cc1)c1ccc(Cl)s1. The summed E-state index contributed by atoms with van der Waals surface area (Å²) in [6.07, 6.45) is 2.20. The summed E-state index contributed by atoms with van der Waals surface area (Å²) < 4.78 is 0.869. The van der Waals surface area contributed by atoms with Crippen molar-refractivity contribution in [2.75, 3.05) is 6.54 Å². The highest BCUT2D eigenvalue weighted by molar-refractivity contribution is 7.16. The molecule has 0 bridgehead atoms. The van der Waals surface area contributed by atoms with E-state index >= 15 is 0 Å². The number of hydrogen-bond acceptors (Lipinski definition) is 2. The molecule has 1 aromatic heterocycles. The van der Waals surface area contributed by atoms with Crippen molar-refractivity contribution in [2.45, 2.75) is 32.7 Å². The molecule has 3 heteroatoms. The van der Waals surface area contributed by atoms with Crippen LogP contribution >= 0.6 is 22.9 Å². The molecule has 1 N–H and O–H groups in total. The zero-order valence-electron chi connectivity index (χ0n) is 11.4. The smallest absolute Gasteiger partial charge is 0.0931 e. The molecule has 0 aliphatic rings. The van der Waals surface area contributed by atoms with E-state index in [2.05, 4.69) is 49.5 Å². The third-order valence-electron chi connectivity index (χ3n) is 3.23. The summed E-state index contributed by atoms with van der Waals surface area (Å²) >= 11 is 7.71. The molecule has 2 aromatic rings. The topological polar surface area (TPSA) is 12.0 Å². The van der Waals surface area contributed by atoms with Gasteiger partial charge in [-0.05, 0) is 44.0 Å². The van der Waals surface area contributed by atoms with E-state index in [1.807, 2.05) is 6.07 Å². The Kier molecular flexibility index (Phi) is 5.44. The minimum Gasteiger partial charge on any atom is -0.310 e. The second kappa shape index (κ2) is 7.09. The number of benzene rings is 1. The Balaban J connectivity index is 1.99. The Morgan fingerprint density at radius 2 is 1.89 bits per heavy atom. The number of halogens is 1. The van der Waals surface area contributed by atoms with Crippen LogP contribution in [0.1, 0.15) is 35.4 Å². The molecule has 0 spiro atoms. The average Bonchev–Trinajstić information content (AvgIpc) is 2.83. The van der Waals surface area contributed by atoms with Crippen molar-refractivity contribution in [1.29, 1.82) is 0 Å². The molecule has 1 aromatic carbocycles. The van der Waals surface area contributed by atoms with Crippen LogP contribution in [-0.4, -0.2) is 6.54 Å². The molecule has 0 saturated heterocycles. The minimum atomic E-state index is 0.406. The minimum absolute atomic E-state index is 0.406. The van der Waals surface area contributed by atoms with Gasteiger partial charge in [-0.15, -0.1) is 11.3 Å². The molecular weight excluding hydrogens is 274 g/mol. The van der Waals surface area contributed by atoms with Crippen LogP contribution < -0.4 is 5.32 Å². The summed E-state index contributed by atoms with van der Waals surface area (Å²) in [4.78, 5) is 1.33. The van der Waals surface area contributed by atoms with Gasteiger partial charge in [0.2, 0.25) is 0 Å². The Hall–Kier alpha value is -0.830. The van der Waals surface area contributed by atoms with Gasteiger partial charge in [0, 0.05) is 10.9 Å². The first kappa shape index (κ1) is 14.6. The van der Waals surface area contributed by atoms with Crippen LogP contribution in [0, 0.1) is 6.92 Å². The van der Waals surface area contributed by atoms with Crippen molar-refractivity contribution in [3.63, 3.8) is 0 Å². The summed E-state index contributed by atoms with van der Waals surface area (Å²) in [6.45, 7) is 5.25. The molecule has 0 saturated carbocycles. The standard InChI is InChI=1S/C16H20ClNS/c1-3-18-14(15-10-11-16(17)19-15)9-8-13-6-4-12(2)5-7-13/h4-7,10-11,14,18H,3,8-9H2,1-2H3. The van der Waals surface area contributed by atoms with Crippen LogP contribution in [0.2, 0.25) is 4.34 Å². The molecule has 102 valence electrons. The van der Waals surface area contributed by atoms with E-state index in [0.29, 0.717) is 6.04 Å². The van der Waals surface area contributed by atoms with Crippen molar-refractivity contribution < 1.29 is 0 Å². The fourth-order valence-corrected chi connectivity index (χ4v) is 3.34. The molecule has 0 aliphatic carbocycles. The van der Waals surface area contributed by atoms with Gasteiger partial charge in [0.1, 0.15) is 0 Å². The maximum atomic E-state index is 6.03. The lowest BCUT2D eigenvalue weighted by Crippen LogP contribution is -2.20. The van der Waals surface area contributed by atoms with E-state index in [0.717, 1.165) is 23.7 Å². The van der Waals surface area contributed by atoms with E-state index in [9.17, 15) is 0 Å². The predicted octanol–water partition coefficient (Wildman–Crippen LogP) is 4.99. The second-order valence-electron chi connectivity index (χ2n) is 4.78. The van der Waals surface area contributed by atoms with Crippen molar-refractivity contribution in [2.24, 2.45) is 0 Å². The van der Waals surface area contributed by atoms with Gasteiger partial charge in [0.15, 0.2) is 0 Å². The zero-order valence-corrected chi connectivity index (χ0v) is 13.0. The zero-order chi connectivity index (χ0) is 13.7. The van der Waals surface area contributed by atoms with E-state index in [4.69, 9.17) is 11.6 Å². The molecule has 19 heavy (non-hydrogen) atoms. The van der Waals surface area contributed by atoms with Crippen molar-refractivity contribution in [3.05, 3.63) is 56.7 Å². The quantitative estimate of drug-likeness (QED) is 0.791. The molecule has 0 aliphatic heterocycles. The third kappa shape index (κ3) is 4.34. The molecule has 0 fully saturated rings. The van der Waals surface area contributed by atoms with Crippen molar-refractivity contribution in [1.82, 2.24) is 5.32 Å². The van der Waals surface area contributed by atoms with Gasteiger partial charge in [0.05, 0.1) is 4.34 Å². The maximum absolute atomic E-state index is 6.03. The van der Waals surface area contributed by atoms with Gasteiger partial charge in [-0.1, -0.05) is 48.4 Å². The fraction of sp³-hybridized carbons (Fsp3) is 0.375. The first-order valence-corrected chi connectivity index (χ1v) is 7.92. The maximum Gasteiger partial charge on any atom is 0.0931 e. The van der Waals surface area contributed by atoms with Crippen LogP contribution in [0.25, 0.3) is 0 Å². The lowest BCUT2D eigenvalue weighted by molar-refractivity contribution is 0.523. The van der Waals surface area contributed by atoms with E-state index in [-0.39, 0.29) is 0 Å². The second-order valence-corrected chi connectivity index (χ2v) is 6.52. The molecule has 2 rings (SSSR count). The first-order chi connectivity index (χ1) is 9.19. The number of hydrogen-bond donors (Lipinski definition) is 1. The van der Waals surface area contributed by atoms with Gasteiger partial charge in [-0.25, -0.2) is 0 Å². The molecular formula is C16H20ClNS. The highest BCUT2D eigenvalue weighted by Crippen LogP contribution is 2.29. The molecule has 0 amide bonds. The van der Waals surface area contributed by atoms with Crippen LogP contribution in [0.15, 0.2) is 36.4 Å². The number of thiophene rings is 1. The van der Waals surface area contributed by atoms with Gasteiger partial charge < -0.3 is 5.32 Å². The largest absolute Gasteiger partial charge is 0.310 e. The Morgan fingerprint density at radius 1 is 1.16 bits per heavy atom. The normalized spacial score (nSPS) is 12.6. The van der Waals surface area contributed by atoms with Crippen LogP contribution in [-0.2, 0) is 6.42 Å². The summed E-state index contributed by atoms with van der Waals surface area (Å²) in [5.41, 5.74) is 2.72. The van der Waals surface area contributed by atoms with Crippen LogP contribution in [0.4, 0.5) is 0 Å². The molecule has 1 unspecified atom stereocenters. The Labute approximate surface area is 124 Å². The Morgan fingerprint density at radius 3 is 2.47 bits per heavy atom. The van der Waals surface area contributed by atoms with E-state index in [1.165, 1.54) is 16.0 Å². The number of rotatable bonds is 6. The summed E-state index contributed by atoms with van der Waals surface area (Å²) in [7, 11) is 0. The highest BCUT2D eigenvalue weighted by atomic mass is 35.5. The van der Waals surface area contributed by atoms with Gasteiger partial charge in [0.25, 0.3) is 0 Å². The van der Waals surface area contributed by atoms with Gasteiger partial charge in [-0.2, -0.15) is 0 Å². The molecule has 1 nitrogen and oxygen atoms in total. The van der Waals surface area contributed by atoms with Gasteiger partial charge in [-0.3, -0.25) is 0 Å². The van der Waals surface area contributed by atoms with Gasteiger partial charge >= 0.3 is 0 Å². The van der Waals surface area contributed by atoms with E-state index < -0.39 is 0 Å². The first-order valence-electron chi connectivity index (χ1n) is 6.73. The van der Waals surface area contributed by atoms with Crippen LogP contribution in [0.3, 0.4) is 0 Å². The summed E-state index contributed by atoms with van der Waals surface area (Å²) in [5.74, 6) is 0. The van der Waals surface area contributed by atoms with Crippen molar-refractivity contribution in [3.8, 4) is 0 Å². The average molecular weight is 294 g/mol. The lowest BCUT2D eigenvalue weighted by Gasteiger charge is -2.16. The fourth-order valence-electron chi connectivity index (χ4n) is 2.17. The highest BCUT2D eigenvalue weighted by Gasteiger charge is 2.12. The van der Waals surface area contributed by atoms with E-state index in [1.54, 1.807) is 11.3 Å². The number of nitrogens with one attached hydrogen (secondary N) is 1. The predicted molar refractivity (Wildman–Crippen MR) is 85.2 cm³/mol. The number of aryl methyl sites for hydroxylation is 2. The molecule has 0 radical (unpaired) electrons. The molecule has 1 atom stereocenters. The Bertz CT molecular complexity index is 504. The monoisotopic (exact) mass is 293 g/mol. The lowest BCUT2D eigenvalue weighted by atomic mass is 10.0. The summed E-state index contributed by atoms with van der Waals surface area (Å²) in [6, 6.07) is 13.3. The third-order valence-corrected chi connectivity index (χ3v) is 4.58.